The summed E-state index contributed by atoms with van der Waals surface area (Å²) in [5.41, 5.74) is 0.549. The van der Waals surface area contributed by atoms with E-state index in [1.807, 2.05) is 6.92 Å². The summed E-state index contributed by atoms with van der Waals surface area (Å²) in [7, 11) is 0. The molecular formula is C15H18N4O2. The average molecular weight is 286 g/mol. The van der Waals surface area contributed by atoms with Crippen LogP contribution in [0.15, 0.2) is 16.7 Å². The molecule has 6 nitrogen and oxygen atoms in total. The Morgan fingerprint density at radius 1 is 1.38 bits per heavy atom. The first kappa shape index (κ1) is 12.6. The number of nitrogens with zero attached hydrogens (tertiary/aromatic N) is 3. The fourth-order valence-corrected chi connectivity index (χ4v) is 2.63. The first-order chi connectivity index (χ1) is 10.2. The van der Waals surface area contributed by atoms with Gasteiger partial charge in [0.2, 0.25) is 0 Å². The molecule has 2 fully saturated rings. The molecule has 0 atom stereocenters. The molecule has 0 radical (unpaired) electrons. The van der Waals surface area contributed by atoms with Gasteiger partial charge >= 0.3 is 0 Å². The van der Waals surface area contributed by atoms with Crippen molar-refractivity contribution in [2.45, 2.75) is 51.1 Å². The van der Waals surface area contributed by atoms with Crippen LogP contribution >= 0.6 is 0 Å². The van der Waals surface area contributed by atoms with Gasteiger partial charge in [-0.3, -0.25) is 4.79 Å². The third kappa shape index (κ3) is 2.46. The van der Waals surface area contributed by atoms with Gasteiger partial charge in [-0.05, 0) is 38.7 Å². The van der Waals surface area contributed by atoms with Gasteiger partial charge in [-0.2, -0.15) is 0 Å². The first-order valence-electron chi connectivity index (χ1n) is 7.49. The zero-order valence-corrected chi connectivity index (χ0v) is 12.0. The summed E-state index contributed by atoms with van der Waals surface area (Å²) < 4.78 is 7.41. The summed E-state index contributed by atoms with van der Waals surface area (Å²) in [6.07, 6.45) is 6.29. The molecule has 21 heavy (non-hydrogen) atoms. The third-order valence-electron chi connectivity index (χ3n) is 4.05. The molecule has 0 spiro atoms. The topological polar surface area (TPSA) is 73.0 Å². The van der Waals surface area contributed by atoms with Crippen molar-refractivity contribution in [3.63, 3.8) is 0 Å². The molecule has 0 unspecified atom stereocenters. The Labute approximate surface area is 122 Å². The van der Waals surface area contributed by atoms with Crippen LogP contribution in [0, 0.1) is 6.92 Å². The summed E-state index contributed by atoms with van der Waals surface area (Å²) in [5, 5.41) is 11.5. The molecule has 0 aliphatic heterocycles. The predicted molar refractivity (Wildman–Crippen MR) is 74.9 cm³/mol. The van der Waals surface area contributed by atoms with Crippen LogP contribution in [0.25, 0.3) is 0 Å². The van der Waals surface area contributed by atoms with Crippen LogP contribution in [0.1, 0.15) is 65.4 Å². The minimum Gasteiger partial charge on any atom is -0.469 e. The van der Waals surface area contributed by atoms with E-state index >= 15 is 0 Å². The van der Waals surface area contributed by atoms with E-state index in [1.54, 1.807) is 6.07 Å². The Morgan fingerprint density at radius 2 is 2.19 bits per heavy atom. The molecular weight excluding hydrogens is 268 g/mol. The fraction of sp³-hybridized carbons (Fsp3) is 0.533. The van der Waals surface area contributed by atoms with Crippen molar-refractivity contribution in [2.75, 3.05) is 0 Å². The molecule has 2 aromatic heterocycles. The van der Waals surface area contributed by atoms with E-state index in [2.05, 4.69) is 20.1 Å². The van der Waals surface area contributed by atoms with Crippen molar-refractivity contribution in [1.29, 1.82) is 0 Å². The second-order valence-electron chi connectivity index (χ2n) is 5.98. The monoisotopic (exact) mass is 286 g/mol. The van der Waals surface area contributed by atoms with Crippen LogP contribution in [-0.2, 0) is 6.54 Å². The molecule has 2 heterocycles. The average Bonchev–Trinajstić information content (AvgIpc) is 3.40. The van der Waals surface area contributed by atoms with Gasteiger partial charge in [0.15, 0.2) is 5.82 Å². The van der Waals surface area contributed by atoms with Crippen molar-refractivity contribution < 1.29 is 9.21 Å². The van der Waals surface area contributed by atoms with Gasteiger partial charge in [-0.15, -0.1) is 10.2 Å². The van der Waals surface area contributed by atoms with Crippen LogP contribution in [0.4, 0.5) is 0 Å². The van der Waals surface area contributed by atoms with Crippen molar-refractivity contribution in [2.24, 2.45) is 0 Å². The second kappa shape index (κ2) is 4.72. The number of rotatable bonds is 5. The highest BCUT2D eigenvalue weighted by Crippen LogP contribution is 2.44. The summed E-state index contributed by atoms with van der Waals surface area (Å²) in [6, 6.07) is 2.27. The van der Waals surface area contributed by atoms with E-state index in [0.717, 1.165) is 17.4 Å². The fourth-order valence-electron chi connectivity index (χ4n) is 2.63. The molecule has 2 aliphatic carbocycles. The highest BCUT2D eigenvalue weighted by Gasteiger charge is 2.36. The van der Waals surface area contributed by atoms with Gasteiger partial charge in [0.05, 0.1) is 12.1 Å². The standard InChI is InChI=1S/C15H18N4O2/c1-9-6-11(8-21-9)15(20)16-7-13-17-18-14(10-2-3-10)19(13)12-4-5-12/h6,8,10,12H,2-5,7H2,1H3,(H,16,20). The highest BCUT2D eigenvalue weighted by molar-refractivity contribution is 5.93. The predicted octanol–water partition coefficient (Wildman–Crippen LogP) is 2.32. The van der Waals surface area contributed by atoms with E-state index in [9.17, 15) is 4.79 Å². The van der Waals surface area contributed by atoms with Crippen molar-refractivity contribution in [1.82, 2.24) is 20.1 Å². The van der Waals surface area contributed by atoms with Crippen LogP contribution in [0.3, 0.4) is 0 Å². The molecule has 2 aromatic rings. The van der Waals surface area contributed by atoms with Gasteiger partial charge in [0.25, 0.3) is 5.91 Å². The van der Waals surface area contributed by atoms with Gasteiger partial charge in [0.1, 0.15) is 17.8 Å². The molecule has 2 saturated carbocycles. The molecule has 0 aromatic carbocycles. The van der Waals surface area contributed by atoms with Crippen LogP contribution < -0.4 is 5.32 Å². The Morgan fingerprint density at radius 3 is 2.81 bits per heavy atom. The minimum atomic E-state index is -0.134. The second-order valence-corrected chi connectivity index (χ2v) is 5.98. The Bertz CT molecular complexity index is 680. The van der Waals surface area contributed by atoms with Gasteiger partial charge in [-0.25, -0.2) is 0 Å². The molecule has 2 aliphatic rings. The highest BCUT2D eigenvalue weighted by atomic mass is 16.3. The van der Waals surface area contributed by atoms with Crippen LogP contribution in [0.2, 0.25) is 0 Å². The summed E-state index contributed by atoms with van der Waals surface area (Å²) in [4.78, 5) is 12.1. The van der Waals surface area contributed by atoms with Crippen molar-refractivity contribution >= 4 is 5.91 Å². The third-order valence-corrected chi connectivity index (χ3v) is 4.05. The van der Waals surface area contributed by atoms with Gasteiger partial charge in [-0.1, -0.05) is 0 Å². The Hall–Kier alpha value is -2.11. The summed E-state index contributed by atoms with van der Waals surface area (Å²) in [5.74, 6) is 3.16. The van der Waals surface area contributed by atoms with Gasteiger partial charge in [0, 0.05) is 12.0 Å². The number of furan rings is 1. The number of carbonyl (C=O) groups excluding carboxylic acids is 1. The molecule has 1 amide bonds. The van der Waals surface area contributed by atoms with E-state index in [-0.39, 0.29) is 5.91 Å². The lowest BCUT2D eigenvalue weighted by molar-refractivity contribution is 0.0948. The SMILES string of the molecule is Cc1cc(C(=O)NCc2nnc(C3CC3)n2C2CC2)co1. The quantitative estimate of drug-likeness (QED) is 0.915. The maximum Gasteiger partial charge on any atom is 0.254 e. The smallest absolute Gasteiger partial charge is 0.254 e. The minimum absolute atomic E-state index is 0.134. The zero-order valence-electron chi connectivity index (χ0n) is 12.0. The largest absolute Gasteiger partial charge is 0.469 e. The van der Waals surface area contributed by atoms with E-state index in [0.29, 0.717) is 24.1 Å². The number of hydrogen-bond acceptors (Lipinski definition) is 4. The summed E-state index contributed by atoms with van der Waals surface area (Å²) >= 11 is 0. The maximum absolute atomic E-state index is 12.1. The summed E-state index contributed by atoms with van der Waals surface area (Å²) in [6.45, 7) is 2.24. The lowest BCUT2D eigenvalue weighted by Gasteiger charge is -2.09. The molecule has 0 saturated heterocycles. The molecule has 110 valence electrons. The van der Waals surface area contributed by atoms with Crippen LogP contribution in [0.5, 0.6) is 0 Å². The normalized spacial score (nSPS) is 18.0. The Kier molecular flexibility index (Phi) is 2.83. The van der Waals surface area contributed by atoms with Crippen molar-refractivity contribution in [3.05, 3.63) is 35.3 Å². The lowest BCUT2D eigenvalue weighted by Crippen LogP contribution is -2.24. The maximum atomic E-state index is 12.1. The van der Waals surface area contributed by atoms with Crippen molar-refractivity contribution in [3.8, 4) is 0 Å². The number of carbonyl (C=O) groups is 1. The molecule has 0 bridgehead atoms. The number of aromatic nitrogens is 3. The Balaban J connectivity index is 1.48. The number of amides is 1. The number of nitrogens with one attached hydrogen (secondary N) is 1. The number of hydrogen-bond donors (Lipinski definition) is 1. The molecule has 6 heteroatoms. The first-order valence-corrected chi connectivity index (χ1v) is 7.49. The lowest BCUT2D eigenvalue weighted by atomic mass is 10.3. The number of aryl methyl sites for hydroxylation is 1. The van der Waals surface area contributed by atoms with E-state index in [4.69, 9.17) is 4.42 Å². The molecule has 4 rings (SSSR count). The zero-order chi connectivity index (χ0) is 14.4. The van der Waals surface area contributed by atoms with Gasteiger partial charge < -0.3 is 14.3 Å². The van der Waals surface area contributed by atoms with Crippen LogP contribution in [-0.4, -0.2) is 20.7 Å². The van der Waals surface area contributed by atoms with E-state index in [1.165, 1.54) is 31.9 Å². The molecule has 1 N–H and O–H groups in total. The van der Waals surface area contributed by atoms with E-state index < -0.39 is 0 Å².